The predicted molar refractivity (Wildman–Crippen MR) is 68.0 cm³/mol. The molecule has 2 atom stereocenters. The predicted octanol–water partition coefficient (Wildman–Crippen LogP) is 0.202. The molecule has 1 saturated heterocycles. The standard InChI is InChI=1S/C12H22N2O5/c1-3-18-6-4-5-13-11(17)14-9-7-19-8-12(9,2)10(15)16/h9H,3-8H2,1-2H3,(H,15,16)(H2,13,14,17). The smallest absolute Gasteiger partial charge is 0.315 e. The molecule has 1 fully saturated rings. The Labute approximate surface area is 112 Å². The Balaban J connectivity index is 2.30. The maximum Gasteiger partial charge on any atom is 0.315 e. The van der Waals surface area contributed by atoms with Crippen LogP contribution in [0.4, 0.5) is 4.79 Å². The average molecular weight is 274 g/mol. The van der Waals surface area contributed by atoms with Gasteiger partial charge in [-0.05, 0) is 20.3 Å². The summed E-state index contributed by atoms with van der Waals surface area (Å²) in [5.74, 6) is -0.966. The van der Waals surface area contributed by atoms with Crippen LogP contribution >= 0.6 is 0 Å². The van der Waals surface area contributed by atoms with Gasteiger partial charge in [0.2, 0.25) is 0 Å². The van der Waals surface area contributed by atoms with Gasteiger partial charge in [-0.15, -0.1) is 0 Å². The van der Waals surface area contributed by atoms with E-state index in [1.807, 2.05) is 6.92 Å². The number of amides is 2. The first-order valence-electron chi connectivity index (χ1n) is 6.44. The fourth-order valence-electron chi connectivity index (χ4n) is 1.81. The molecule has 0 radical (unpaired) electrons. The highest BCUT2D eigenvalue weighted by atomic mass is 16.5. The van der Waals surface area contributed by atoms with Crippen molar-refractivity contribution in [2.24, 2.45) is 5.41 Å². The molecule has 1 aliphatic rings. The van der Waals surface area contributed by atoms with Crippen molar-refractivity contribution in [2.45, 2.75) is 26.3 Å². The zero-order valence-electron chi connectivity index (χ0n) is 11.4. The molecule has 0 spiro atoms. The molecule has 0 aliphatic carbocycles. The zero-order valence-corrected chi connectivity index (χ0v) is 11.4. The summed E-state index contributed by atoms with van der Waals surface area (Å²) in [6, 6.07) is -0.892. The van der Waals surface area contributed by atoms with E-state index in [4.69, 9.17) is 14.6 Å². The Morgan fingerprint density at radius 3 is 2.89 bits per heavy atom. The van der Waals surface area contributed by atoms with E-state index in [9.17, 15) is 9.59 Å². The average Bonchev–Trinajstić information content (AvgIpc) is 2.72. The Hall–Kier alpha value is -1.34. The Morgan fingerprint density at radius 1 is 1.53 bits per heavy atom. The van der Waals surface area contributed by atoms with Crippen LogP contribution in [0, 0.1) is 5.41 Å². The quantitative estimate of drug-likeness (QED) is 0.576. The summed E-state index contributed by atoms with van der Waals surface area (Å²) in [7, 11) is 0. The number of nitrogens with one attached hydrogen (secondary N) is 2. The summed E-state index contributed by atoms with van der Waals surface area (Å²) in [4.78, 5) is 22.8. The Morgan fingerprint density at radius 2 is 2.26 bits per heavy atom. The second kappa shape index (κ2) is 7.30. The van der Waals surface area contributed by atoms with Crippen molar-refractivity contribution < 1.29 is 24.2 Å². The highest BCUT2D eigenvalue weighted by molar-refractivity contribution is 5.79. The van der Waals surface area contributed by atoms with Gasteiger partial charge in [-0.25, -0.2) is 4.79 Å². The first kappa shape index (κ1) is 15.7. The van der Waals surface area contributed by atoms with Crippen LogP contribution in [0.2, 0.25) is 0 Å². The van der Waals surface area contributed by atoms with Gasteiger partial charge in [0, 0.05) is 19.8 Å². The number of carbonyl (C=O) groups excluding carboxylic acids is 1. The summed E-state index contributed by atoms with van der Waals surface area (Å²) in [5.41, 5.74) is -1.07. The van der Waals surface area contributed by atoms with Crippen LogP contribution in [0.3, 0.4) is 0 Å². The molecule has 0 aromatic rings. The fourth-order valence-corrected chi connectivity index (χ4v) is 1.81. The van der Waals surface area contributed by atoms with Gasteiger partial charge < -0.3 is 25.2 Å². The lowest BCUT2D eigenvalue weighted by molar-refractivity contribution is -0.148. The van der Waals surface area contributed by atoms with Gasteiger partial charge in [0.25, 0.3) is 0 Å². The number of hydrogen-bond donors (Lipinski definition) is 3. The summed E-state index contributed by atoms with van der Waals surface area (Å²) in [5, 5.41) is 14.5. The maximum atomic E-state index is 11.6. The SMILES string of the molecule is CCOCCCNC(=O)NC1COCC1(C)C(=O)O. The summed E-state index contributed by atoms with van der Waals surface area (Å²) >= 11 is 0. The number of hydrogen-bond acceptors (Lipinski definition) is 4. The van der Waals surface area contributed by atoms with E-state index in [0.29, 0.717) is 19.8 Å². The van der Waals surface area contributed by atoms with Crippen molar-refractivity contribution in [2.75, 3.05) is 33.0 Å². The minimum atomic E-state index is -1.07. The van der Waals surface area contributed by atoms with Crippen molar-refractivity contribution >= 4 is 12.0 Å². The number of rotatable bonds is 7. The van der Waals surface area contributed by atoms with Crippen LogP contribution in [0.25, 0.3) is 0 Å². The molecule has 2 unspecified atom stereocenters. The van der Waals surface area contributed by atoms with E-state index in [1.165, 1.54) is 0 Å². The molecule has 1 aliphatic heterocycles. The van der Waals surface area contributed by atoms with E-state index in [2.05, 4.69) is 10.6 Å². The molecule has 19 heavy (non-hydrogen) atoms. The Kier molecular flexibility index (Phi) is 6.04. The van der Waals surface area contributed by atoms with E-state index >= 15 is 0 Å². The largest absolute Gasteiger partial charge is 0.481 e. The van der Waals surface area contributed by atoms with E-state index < -0.39 is 17.4 Å². The number of carbonyl (C=O) groups is 2. The van der Waals surface area contributed by atoms with Crippen molar-refractivity contribution in [3.8, 4) is 0 Å². The lowest BCUT2D eigenvalue weighted by atomic mass is 9.85. The highest BCUT2D eigenvalue weighted by Gasteiger charge is 2.47. The summed E-state index contributed by atoms with van der Waals surface area (Å²) < 4.78 is 10.3. The monoisotopic (exact) mass is 274 g/mol. The van der Waals surface area contributed by atoms with Crippen LogP contribution < -0.4 is 10.6 Å². The number of carboxylic acids is 1. The minimum absolute atomic E-state index is 0.109. The minimum Gasteiger partial charge on any atom is -0.481 e. The molecule has 3 N–H and O–H groups in total. The maximum absolute atomic E-state index is 11.6. The number of aliphatic carboxylic acids is 1. The zero-order chi connectivity index (χ0) is 14.3. The molecule has 7 heteroatoms. The number of urea groups is 1. The molecule has 0 aromatic carbocycles. The van der Waals surface area contributed by atoms with Crippen LogP contribution in [-0.2, 0) is 14.3 Å². The fraction of sp³-hybridized carbons (Fsp3) is 0.833. The van der Waals surface area contributed by atoms with Gasteiger partial charge in [-0.2, -0.15) is 0 Å². The molecule has 0 saturated carbocycles. The normalized spacial score (nSPS) is 26.1. The summed E-state index contributed by atoms with van der Waals surface area (Å²) in [6.07, 6.45) is 0.721. The molecule has 2 amide bonds. The van der Waals surface area contributed by atoms with Crippen LogP contribution in [0.5, 0.6) is 0 Å². The second-order valence-corrected chi connectivity index (χ2v) is 4.74. The van der Waals surface area contributed by atoms with Gasteiger partial charge in [-0.1, -0.05) is 0 Å². The van der Waals surface area contributed by atoms with Gasteiger partial charge in [0.15, 0.2) is 0 Å². The second-order valence-electron chi connectivity index (χ2n) is 4.74. The van der Waals surface area contributed by atoms with Crippen LogP contribution in [0.15, 0.2) is 0 Å². The highest BCUT2D eigenvalue weighted by Crippen LogP contribution is 2.28. The molecule has 0 aromatic heterocycles. The van der Waals surface area contributed by atoms with Gasteiger partial charge in [-0.3, -0.25) is 4.79 Å². The lowest BCUT2D eigenvalue weighted by Crippen LogP contribution is -2.52. The van der Waals surface area contributed by atoms with E-state index in [0.717, 1.165) is 6.42 Å². The molecule has 0 bridgehead atoms. The molecule has 110 valence electrons. The van der Waals surface area contributed by atoms with Gasteiger partial charge in [0.1, 0.15) is 5.41 Å². The third-order valence-electron chi connectivity index (χ3n) is 3.20. The van der Waals surface area contributed by atoms with E-state index in [1.54, 1.807) is 6.92 Å². The number of ether oxygens (including phenoxy) is 2. The van der Waals surface area contributed by atoms with E-state index in [-0.39, 0.29) is 19.2 Å². The van der Waals surface area contributed by atoms with Crippen molar-refractivity contribution in [1.82, 2.24) is 10.6 Å². The van der Waals surface area contributed by atoms with Crippen molar-refractivity contribution in [3.05, 3.63) is 0 Å². The van der Waals surface area contributed by atoms with Crippen molar-refractivity contribution in [1.29, 1.82) is 0 Å². The molecule has 7 nitrogen and oxygen atoms in total. The first-order valence-corrected chi connectivity index (χ1v) is 6.44. The molecular weight excluding hydrogens is 252 g/mol. The van der Waals surface area contributed by atoms with Gasteiger partial charge >= 0.3 is 12.0 Å². The van der Waals surface area contributed by atoms with Gasteiger partial charge in [0.05, 0.1) is 19.3 Å². The van der Waals surface area contributed by atoms with Crippen LogP contribution in [-0.4, -0.2) is 56.1 Å². The summed E-state index contributed by atoms with van der Waals surface area (Å²) in [6.45, 7) is 5.55. The lowest BCUT2D eigenvalue weighted by Gasteiger charge is -2.25. The first-order chi connectivity index (χ1) is 9.00. The molecular formula is C12H22N2O5. The molecule has 1 rings (SSSR count). The third-order valence-corrected chi connectivity index (χ3v) is 3.20. The molecule has 1 heterocycles. The third kappa shape index (κ3) is 4.36. The topological polar surface area (TPSA) is 96.9 Å². The Bertz CT molecular complexity index is 323. The number of carboxylic acid groups (broad SMARTS) is 1. The van der Waals surface area contributed by atoms with Crippen LogP contribution in [0.1, 0.15) is 20.3 Å². The van der Waals surface area contributed by atoms with Crippen molar-refractivity contribution in [3.63, 3.8) is 0 Å².